The van der Waals surface area contributed by atoms with Gasteiger partial charge in [-0.3, -0.25) is 13.7 Å². The van der Waals surface area contributed by atoms with Crippen LogP contribution >= 0.6 is 0 Å². The zero-order valence-electron chi connectivity index (χ0n) is 11.2. The van der Waals surface area contributed by atoms with Crippen LogP contribution < -0.4 is 0 Å². The molecule has 15 heavy (non-hydrogen) atoms. The van der Waals surface area contributed by atoms with Gasteiger partial charge in [0.2, 0.25) is 0 Å². The van der Waals surface area contributed by atoms with Gasteiger partial charge in [0.1, 0.15) is 0 Å². The van der Waals surface area contributed by atoms with Gasteiger partial charge in [0.15, 0.2) is 0 Å². The highest BCUT2D eigenvalue weighted by Crippen LogP contribution is 2.17. The first kappa shape index (κ1) is 14.8. The van der Waals surface area contributed by atoms with Gasteiger partial charge in [0.05, 0.1) is 0 Å². The molecule has 3 nitrogen and oxygen atoms in total. The first-order valence-electron chi connectivity index (χ1n) is 5.78. The second-order valence-corrected chi connectivity index (χ2v) is 8.01. The Morgan fingerprint density at radius 1 is 0.867 bits per heavy atom. The Hall–Kier alpha value is -0.163. The highest BCUT2D eigenvalue weighted by molar-refractivity contribution is 6.76. The summed E-state index contributed by atoms with van der Waals surface area (Å²) < 4.78 is 7.35. The van der Waals surface area contributed by atoms with E-state index in [4.69, 9.17) is 0 Å². The molecule has 0 spiro atoms. The van der Waals surface area contributed by atoms with Gasteiger partial charge in [-0.1, -0.05) is 26.5 Å². The molecule has 4 heteroatoms. The van der Waals surface area contributed by atoms with Crippen LogP contribution in [0.15, 0.2) is 12.3 Å². The van der Waals surface area contributed by atoms with Gasteiger partial charge in [0, 0.05) is 0 Å². The summed E-state index contributed by atoms with van der Waals surface area (Å²) in [5.74, 6) is 0. The molecule has 0 N–H and O–H groups in total. The zero-order chi connectivity index (χ0) is 12.1. The predicted molar refractivity (Wildman–Crippen MR) is 70.9 cm³/mol. The first-order chi connectivity index (χ1) is 7.00. The molecule has 0 atom stereocenters. The zero-order valence-corrected chi connectivity index (χ0v) is 12.2. The molecular formula is C11H27N3Si. The van der Waals surface area contributed by atoms with E-state index in [2.05, 4.69) is 67.9 Å². The SMILES string of the molecule is C=C[Si](N(C)CC)(N(C)CC)N(C)CC. The van der Waals surface area contributed by atoms with E-state index in [9.17, 15) is 0 Å². The average Bonchev–Trinajstić information content (AvgIpc) is 2.29. The molecule has 0 aliphatic heterocycles. The van der Waals surface area contributed by atoms with Crippen molar-refractivity contribution in [1.82, 2.24) is 13.7 Å². The first-order valence-corrected chi connectivity index (χ1v) is 7.70. The highest BCUT2D eigenvalue weighted by atomic mass is 28.4. The summed E-state index contributed by atoms with van der Waals surface area (Å²) >= 11 is 0. The van der Waals surface area contributed by atoms with Gasteiger partial charge in [-0.15, -0.1) is 6.58 Å². The minimum Gasteiger partial charge on any atom is -0.299 e. The molecule has 0 aliphatic carbocycles. The Balaban J connectivity index is 5.18. The van der Waals surface area contributed by atoms with Crippen molar-refractivity contribution in [2.75, 3.05) is 40.8 Å². The molecule has 0 radical (unpaired) electrons. The quantitative estimate of drug-likeness (QED) is 0.613. The van der Waals surface area contributed by atoms with Crippen LogP contribution in [0.4, 0.5) is 0 Å². The third-order valence-corrected chi connectivity index (χ3v) is 8.25. The Morgan fingerprint density at radius 2 is 1.13 bits per heavy atom. The van der Waals surface area contributed by atoms with Crippen molar-refractivity contribution in [3.05, 3.63) is 12.3 Å². The standard InChI is InChI=1S/C11H27N3Si/c1-8-12(5)15(11-4,13(6)9-2)14(7)10-3/h11H,4,8-10H2,1-3,5-7H3. The van der Waals surface area contributed by atoms with Crippen molar-refractivity contribution < 1.29 is 0 Å². The molecule has 0 fully saturated rings. The highest BCUT2D eigenvalue weighted by Gasteiger charge is 2.42. The van der Waals surface area contributed by atoms with Crippen molar-refractivity contribution in [2.45, 2.75) is 20.8 Å². The van der Waals surface area contributed by atoms with Crippen LogP contribution in [0.25, 0.3) is 0 Å². The van der Waals surface area contributed by atoms with E-state index in [0.29, 0.717) is 0 Å². The lowest BCUT2D eigenvalue weighted by Gasteiger charge is -2.47. The van der Waals surface area contributed by atoms with Gasteiger partial charge in [0.25, 0.3) is 0 Å². The van der Waals surface area contributed by atoms with Crippen molar-refractivity contribution >= 4 is 8.56 Å². The second kappa shape index (κ2) is 6.43. The molecule has 0 aliphatic rings. The van der Waals surface area contributed by atoms with E-state index in [1.807, 2.05) is 0 Å². The normalized spacial score (nSPS) is 12.9. The van der Waals surface area contributed by atoms with Crippen LogP contribution in [-0.4, -0.2) is 63.0 Å². The maximum absolute atomic E-state index is 4.08. The van der Waals surface area contributed by atoms with Gasteiger partial charge in [-0.2, -0.15) is 0 Å². The van der Waals surface area contributed by atoms with Gasteiger partial charge >= 0.3 is 8.56 Å². The monoisotopic (exact) mass is 229 g/mol. The fourth-order valence-corrected chi connectivity index (χ4v) is 6.12. The molecule has 0 aromatic carbocycles. The van der Waals surface area contributed by atoms with Crippen molar-refractivity contribution in [2.24, 2.45) is 0 Å². The molecule has 0 unspecified atom stereocenters. The third-order valence-electron chi connectivity index (χ3n) is 3.38. The van der Waals surface area contributed by atoms with Crippen molar-refractivity contribution in [3.8, 4) is 0 Å². The summed E-state index contributed by atoms with van der Waals surface area (Å²) in [4.78, 5) is 0. The van der Waals surface area contributed by atoms with Gasteiger partial charge < -0.3 is 0 Å². The number of rotatable bonds is 7. The molecule has 0 rings (SSSR count). The number of hydrogen-bond donors (Lipinski definition) is 0. The molecule has 0 heterocycles. The van der Waals surface area contributed by atoms with E-state index in [-0.39, 0.29) is 0 Å². The van der Waals surface area contributed by atoms with Crippen LogP contribution in [0, 0.1) is 0 Å². The van der Waals surface area contributed by atoms with E-state index >= 15 is 0 Å². The maximum Gasteiger partial charge on any atom is 0.314 e. The third kappa shape index (κ3) is 2.69. The molecule has 0 amide bonds. The second-order valence-electron chi connectivity index (χ2n) is 3.93. The van der Waals surface area contributed by atoms with Crippen LogP contribution in [0.1, 0.15) is 20.8 Å². The van der Waals surface area contributed by atoms with Crippen LogP contribution in [0.5, 0.6) is 0 Å². The lowest BCUT2D eigenvalue weighted by molar-refractivity contribution is 0.330. The Kier molecular flexibility index (Phi) is 6.36. The van der Waals surface area contributed by atoms with Crippen LogP contribution in [0.3, 0.4) is 0 Å². The topological polar surface area (TPSA) is 9.72 Å². The van der Waals surface area contributed by atoms with Crippen molar-refractivity contribution in [1.29, 1.82) is 0 Å². The van der Waals surface area contributed by atoms with Gasteiger partial charge in [-0.25, -0.2) is 0 Å². The van der Waals surface area contributed by atoms with Crippen molar-refractivity contribution in [3.63, 3.8) is 0 Å². The fourth-order valence-electron chi connectivity index (χ4n) is 2.04. The van der Waals surface area contributed by atoms with Crippen LogP contribution in [0.2, 0.25) is 0 Å². The smallest absolute Gasteiger partial charge is 0.299 e. The minimum atomic E-state index is -1.82. The lowest BCUT2D eigenvalue weighted by atomic mass is 10.8. The van der Waals surface area contributed by atoms with E-state index in [1.54, 1.807) is 0 Å². The predicted octanol–water partition coefficient (Wildman–Crippen LogP) is 1.51. The Morgan fingerprint density at radius 3 is 1.27 bits per heavy atom. The molecule has 0 saturated heterocycles. The minimum absolute atomic E-state index is 1.06. The molecule has 0 aromatic rings. The largest absolute Gasteiger partial charge is 0.314 e. The molecule has 0 aromatic heterocycles. The average molecular weight is 229 g/mol. The van der Waals surface area contributed by atoms with E-state index in [0.717, 1.165) is 19.6 Å². The maximum atomic E-state index is 4.08. The number of nitrogens with zero attached hydrogens (tertiary/aromatic N) is 3. The number of hydrogen-bond acceptors (Lipinski definition) is 3. The Labute approximate surface area is 96.6 Å². The molecule has 90 valence electrons. The molecule has 0 bridgehead atoms. The Bertz CT molecular complexity index is 170. The summed E-state index contributed by atoms with van der Waals surface area (Å²) in [7, 11) is 4.79. The van der Waals surface area contributed by atoms with E-state index in [1.165, 1.54) is 0 Å². The van der Waals surface area contributed by atoms with E-state index < -0.39 is 8.56 Å². The van der Waals surface area contributed by atoms with Gasteiger partial charge in [-0.05, 0) is 40.8 Å². The summed E-state index contributed by atoms with van der Waals surface area (Å²) in [6.07, 6.45) is 0. The molecular weight excluding hydrogens is 202 g/mol. The molecule has 0 saturated carbocycles. The summed E-state index contributed by atoms with van der Waals surface area (Å²) in [6, 6.07) is 0. The summed E-state index contributed by atoms with van der Waals surface area (Å²) in [5.41, 5.74) is 2.17. The summed E-state index contributed by atoms with van der Waals surface area (Å²) in [6.45, 7) is 13.9. The summed E-state index contributed by atoms with van der Waals surface area (Å²) in [5, 5.41) is 0. The van der Waals surface area contributed by atoms with Crippen LogP contribution in [-0.2, 0) is 0 Å². The fraction of sp³-hybridized carbons (Fsp3) is 0.818. The lowest BCUT2D eigenvalue weighted by Crippen LogP contribution is -2.71.